The van der Waals surface area contributed by atoms with Crippen molar-refractivity contribution in [3.8, 4) is 55.6 Å². The quantitative estimate of drug-likeness (QED) is 0.130. The van der Waals surface area contributed by atoms with E-state index in [0.29, 0.717) is 0 Å². The van der Waals surface area contributed by atoms with E-state index in [0.717, 1.165) is 28.2 Å². The summed E-state index contributed by atoms with van der Waals surface area (Å²) in [7, 11) is 0. The van der Waals surface area contributed by atoms with Crippen molar-refractivity contribution >= 4 is 49.4 Å². The van der Waals surface area contributed by atoms with E-state index in [-0.39, 0.29) is 0 Å². The highest BCUT2D eigenvalue weighted by molar-refractivity contribution is 6.13. The van der Waals surface area contributed by atoms with Crippen molar-refractivity contribution in [1.29, 1.82) is 0 Å². The van der Waals surface area contributed by atoms with Gasteiger partial charge in [0.2, 0.25) is 0 Å². The highest BCUT2D eigenvalue weighted by atomic mass is 15.1. The van der Waals surface area contributed by atoms with Crippen molar-refractivity contribution in [3.63, 3.8) is 0 Å². The van der Waals surface area contributed by atoms with E-state index in [4.69, 9.17) is 0 Å². The van der Waals surface area contributed by atoms with Crippen molar-refractivity contribution in [1.82, 2.24) is 0 Å². The molecule has 74 heavy (non-hydrogen) atoms. The fraction of sp³-hybridized carbons (Fsp3) is 0.0137. The molecule has 0 amide bonds. The Morgan fingerprint density at radius 1 is 0.243 bits per heavy atom. The average Bonchev–Trinajstić information content (AvgIpc) is 3.81. The van der Waals surface area contributed by atoms with Crippen LogP contribution in [0.25, 0.3) is 88.0 Å². The molecule has 0 spiro atoms. The second kappa shape index (κ2) is 17.9. The van der Waals surface area contributed by atoms with Crippen LogP contribution in [0.15, 0.2) is 297 Å². The largest absolute Gasteiger partial charge is 0.309 e. The minimum Gasteiger partial charge on any atom is -0.309 e. The molecule has 0 saturated carbocycles. The molecular formula is C73H49N. The lowest BCUT2D eigenvalue weighted by atomic mass is 9.67. The third-order valence-electron chi connectivity index (χ3n) is 15.6. The number of hydrogen-bond acceptors (Lipinski definition) is 1. The number of benzene rings is 13. The SMILES string of the molecule is c1ccc(-c2cccc3cccc(-c4ccccc4N(c4ccc(-c5cccc6c5ccc5ccccc56)cc4)c4ccccc4-c4cccc5c4-c4ccccc4C5(c4ccccc4)c4ccccc4)c23)cc1. The average molecular weight is 940 g/mol. The minimum atomic E-state index is -0.528. The van der Waals surface area contributed by atoms with Gasteiger partial charge in [0.25, 0.3) is 0 Å². The Balaban J connectivity index is 1.02. The first kappa shape index (κ1) is 43.2. The zero-order chi connectivity index (χ0) is 49.0. The zero-order valence-electron chi connectivity index (χ0n) is 40.7. The monoisotopic (exact) mass is 939 g/mol. The molecule has 0 aliphatic heterocycles. The maximum atomic E-state index is 2.51. The number of anilines is 3. The molecule has 1 nitrogen and oxygen atoms in total. The van der Waals surface area contributed by atoms with E-state index in [9.17, 15) is 0 Å². The van der Waals surface area contributed by atoms with Crippen molar-refractivity contribution in [2.75, 3.05) is 4.90 Å². The normalized spacial score (nSPS) is 12.4. The molecule has 0 saturated heterocycles. The van der Waals surface area contributed by atoms with Gasteiger partial charge in [0.1, 0.15) is 0 Å². The van der Waals surface area contributed by atoms with Crippen LogP contribution in [-0.4, -0.2) is 0 Å². The molecule has 0 aromatic heterocycles. The van der Waals surface area contributed by atoms with E-state index < -0.39 is 5.41 Å². The molecule has 0 radical (unpaired) electrons. The first-order chi connectivity index (χ1) is 36.8. The Hall–Kier alpha value is -9.56. The Labute approximate surface area is 432 Å². The lowest BCUT2D eigenvalue weighted by molar-refractivity contribution is 0.768. The molecule has 13 aromatic rings. The van der Waals surface area contributed by atoms with Crippen LogP contribution in [0.2, 0.25) is 0 Å². The molecule has 0 unspecified atom stereocenters. The van der Waals surface area contributed by atoms with Crippen molar-refractivity contribution < 1.29 is 0 Å². The summed E-state index contributed by atoms with van der Waals surface area (Å²) in [5, 5.41) is 7.47. The van der Waals surface area contributed by atoms with Gasteiger partial charge < -0.3 is 4.90 Å². The summed E-state index contributed by atoms with van der Waals surface area (Å²) in [4.78, 5) is 2.51. The highest BCUT2D eigenvalue weighted by Gasteiger charge is 2.47. The molecular weight excluding hydrogens is 891 g/mol. The first-order valence-electron chi connectivity index (χ1n) is 25.7. The fourth-order valence-electron chi connectivity index (χ4n) is 12.4. The molecule has 1 heteroatoms. The van der Waals surface area contributed by atoms with Gasteiger partial charge >= 0.3 is 0 Å². The molecule has 0 bridgehead atoms. The van der Waals surface area contributed by atoms with Gasteiger partial charge in [-0.1, -0.05) is 273 Å². The van der Waals surface area contributed by atoms with Crippen LogP contribution in [0.5, 0.6) is 0 Å². The topological polar surface area (TPSA) is 3.24 Å². The van der Waals surface area contributed by atoms with Crippen LogP contribution >= 0.6 is 0 Å². The Bertz CT molecular complexity index is 4190. The number of para-hydroxylation sites is 2. The van der Waals surface area contributed by atoms with E-state index in [1.807, 2.05) is 0 Å². The van der Waals surface area contributed by atoms with Crippen molar-refractivity contribution in [2.24, 2.45) is 0 Å². The third kappa shape index (κ3) is 6.85. The standard InChI is InChI=1S/C73H49N/c1-4-22-50(23-5-1)59-36-18-25-53-26-19-38-64(71(53)59)62-32-13-16-42-69(62)74(56-47-44-52(45-48-56)58-35-20-37-60-57-31-11-10-24-51(57)46-49-61(58)60)70-43-17-14-33-63(70)65-39-21-41-68-72(65)66-34-12-15-40-67(66)73(68,54-27-6-2-7-28-54)55-29-8-3-9-30-55/h1-49H. The van der Waals surface area contributed by atoms with Crippen LogP contribution in [0, 0.1) is 0 Å². The third-order valence-corrected chi connectivity index (χ3v) is 15.6. The summed E-state index contributed by atoms with van der Waals surface area (Å²) >= 11 is 0. The van der Waals surface area contributed by atoms with Gasteiger partial charge in [0, 0.05) is 16.8 Å². The lowest BCUT2D eigenvalue weighted by Gasteiger charge is -2.34. The summed E-state index contributed by atoms with van der Waals surface area (Å²) in [5.74, 6) is 0. The van der Waals surface area contributed by atoms with Gasteiger partial charge in [-0.2, -0.15) is 0 Å². The predicted octanol–water partition coefficient (Wildman–Crippen LogP) is 19.6. The smallest absolute Gasteiger partial charge is 0.0713 e. The Kier molecular flexibility index (Phi) is 10.5. The molecule has 0 atom stereocenters. The zero-order valence-corrected chi connectivity index (χ0v) is 40.7. The first-order valence-corrected chi connectivity index (χ1v) is 25.7. The number of hydrogen-bond donors (Lipinski definition) is 0. The second-order valence-corrected chi connectivity index (χ2v) is 19.4. The second-order valence-electron chi connectivity index (χ2n) is 19.4. The lowest BCUT2D eigenvalue weighted by Crippen LogP contribution is -2.28. The molecule has 0 fully saturated rings. The molecule has 13 aromatic carbocycles. The minimum absolute atomic E-state index is 0.528. The van der Waals surface area contributed by atoms with Crippen LogP contribution in [0.4, 0.5) is 17.1 Å². The Morgan fingerprint density at radius 2 is 0.716 bits per heavy atom. The van der Waals surface area contributed by atoms with E-state index in [1.165, 1.54) is 99.1 Å². The summed E-state index contributed by atoms with van der Waals surface area (Å²) in [6, 6.07) is 110. The van der Waals surface area contributed by atoms with Crippen LogP contribution in [0.3, 0.4) is 0 Å². The summed E-state index contributed by atoms with van der Waals surface area (Å²) in [6.07, 6.45) is 0. The maximum Gasteiger partial charge on any atom is 0.0713 e. The molecule has 14 rings (SSSR count). The number of fused-ring (bicyclic) bond motifs is 7. The van der Waals surface area contributed by atoms with Crippen LogP contribution in [-0.2, 0) is 5.41 Å². The maximum absolute atomic E-state index is 2.51. The summed E-state index contributed by atoms with van der Waals surface area (Å²) < 4.78 is 0. The predicted molar refractivity (Wildman–Crippen MR) is 313 cm³/mol. The molecule has 1 aliphatic carbocycles. The van der Waals surface area contributed by atoms with Crippen LogP contribution in [0.1, 0.15) is 22.3 Å². The summed E-state index contributed by atoms with van der Waals surface area (Å²) in [6.45, 7) is 0. The van der Waals surface area contributed by atoms with Gasteiger partial charge in [-0.25, -0.2) is 0 Å². The van der Waals surface area contributed by atoms with Crippen molar-refractivity contribution in [3.05, 3.63) is 320 Å². The van der Waals surface area contributed by atoms with Crippen LogP contribution < -0.4 is 4.90 Å². The molecule has 1 aliphatic rings. The van der Waals surface area contributed by atoms with E-state index in [2.05, 4.69) is 302 Å². The van der Waals surface area contributed by atoms with Gasteiger partial charge in [0.05, 0.1) is 16.8 Å². The highest BCUT2D eigenvalue weighted by Crippen LogP contribution is 2.59. The van der Waals surface area contributed by atoms with Gasteiger partial charge in [0.15, 0.2) is 0 Å². The molecule has 0 N–H and O–H groups in total. The Morgan fingerprint density at radius 3 is 1.43 bits per heavy atom. The molecule has 346 valence electrons. The summed E-state index contributed by atoms with van der Waals surface area (Å²) in [5.41, 5.74) is 19.8. The molecule has 0 heterocycles. The number of nitrogens with zero attached hydrogens (tertiary/aromatic N) is 1. The van der Waals surface area contributed by atoms with Gasteiger partial charge in [-0.3, -0.25) is 0 Å². The van der Waals surface area contributed by atoms with Gasteiger partial charge in [-0.15, -0.1) is 0 Å². The van der Waals surface area contributed by atoms with E-state index >= 15 is 0 Å². The number of rotatable bonds is 9. The fourth-order valence-corrected chi connectivity index (χ4v) is 12.4. The van der Waals surface area contributed by atoms with Crippen molar-refractivity contribution in [2.45, 2.75) is 5.41 Å². The van der Waals surface area contributed by atoms with Gasteiger partial charge in [-0.05, 0) is 123 Å². The van der Waals surface area contributed by atoms with E-state index in [1.54, 1.807) is 0 Å².